The van der Waals surface area contributed by atoms with Gasteiger partial charge in [-0.2, -0.15) is 0 Å². The van der Waals surface area contributed by atoms with Gasteiger partial charge in [-0.25, -0.2) is 9.37 Å². The summed E-state index contributed by atoms with van der Waals surface area (Å²) in [6, 6.07) is 1.48. The van der Waals surface area contributed by atoms with E-state index in [1.807, 2.05) is 0 Å². The summed E-state index contributed by atoms with van der Waals surface area (Å²) in [5.41, 5.74) is 0. The van der Waals surface area contributed by atoms with E-state index in [2.05, 4.69) is 20.9 Å². The van der Waals surface area contributed by atoms with Crippen LogP contribution in [0.4, 0.5) is 4.39 Å². The second-order valence-electron chi connectivity index (χ2n) is 3.46. The van der Waals surface area contributed by atoms with Gasteiger partial charge >= 0.3 is 0 Å². The van der Waals surface area contributed by atoms with Crippen LogP contribution in [0.1, 0.15) is 25.7 Å². The predicted octanol–water partition coefficient (Wildman–Crippen LogP) is 4.02. The molecule has 0 aromatic carbocycles. The SMILES string of the molecule is Fc1cc(Br)cnc1SC1CCCC1. The third kappa shape index (κ3) is 2.48. The number of pyridine rings is 1. The van der Waals surface area contributed by atoms with Gasteiger partial charge in [-0.15, -0.1) is 11.8 Å². The summed E-state index contributed by atoms with van der Waals surface area (Å²) in [6.07, 6.45) is 6.59. The predicted molar refractivity (Wildman–Crippen MR) is 60.0 cm³/mol. The summed E-state index contributed by atoms with van der Waals surface area (Å²) < 4.78 is 14.1. The lowest BCUT2D eigenvalue weighted by Gasteiger charge is -2.08. The van der Waals surface area contributed by atoms with Crippen LogP contribution >= 0.6 is 27.7 Å². The van der Waals surface area contributed by atoms with Gasteiger partial charge in [0.25, 0.3) is 0 Å². The van der Waals surface area contributed by atoms with Gasteiger partial charge in [0, 0.05) is 15.9 Å². The summed E-state index contributed by atoms with van der Waals surface area (Å²) >= 11 is 4.78. The van der Waals surface area contributed by atoms with Gasteiger partial charge in [0.05, 0.1) is 0 Å². The topological polar surface area (TPSA) is 12.9 Å². The highest BCUT2D eigenvalue weighted by Gasteiger charge is 2.18. The summed E-state index contributed by atoms with van der Waals surface area (Å²) in [5, 5.41) is 1.11. The fraction of sp³-hybridized carbons (Fsp3) is 0.500. The van der Waals surface area contributed by atoms with Crippen LogP contribution in [0.3, 0.4) is 0 Å². The molecule has 0 radical (unpaired) electrons. The molecule has 0 aliphatic heterocycles. The smallest absolute Gasteiger partial charge is 0.156 e. The molecular formula is C10H11BrFNS. The molecule has 2 rings (SSSR count). The quantitative estimate of drug-likeness (QED) is 0.809. The Hall–Kier alpha value is -0.0900. The Kier molecular flexibility index (Phi) is 3.44. The van der Waals surface area contributed by atoms with Crippen LogP contribution in [0.15, 0.2) is 21.8 Å². The van der Waals surface area contributed by atoms with E-state index in [9.17, 15) is 4.39 Å². The van der Waals surface area contributed by atoms with Crippen molar-refractivity contribution in [2.24, 2.45) is 0 Å². The molecular weight excluding hydrogens is 265 g/mol. The summed E-state index contributed by atoms with van der Waals surface area (Å²) in [4.78, 5) is 4.08. The third-order valence-electron chi connectivity index (χ3n) is 2.35. The number of halogens is 2. The van der Waals surface area contributed by atoms with Crippen LogP contribution in [0.5, 0.6) is 0 Å². The van der Waals surface area contributed by atoms with Crippen molar-refractivity contribution in [3.8, 4) is 0 Å². The van der Waals surface area contributed by atoms with Crippen molar-refractivity contribution in [3.05, 3.63) is 22.6 Å². The van der Waals surface area contributed by atoms with E-state index in [1.165, 1.54) is 31.7 Å². The molecule has 1 aliphatic carbocycles. The fourth-order valence-corrected chi connectivity index (χ4v) is 3.13. The molecule has 1 saturated carbocycles. The van der Waals surface area contributed by atoms with Gasteiger partial charge < -0.3 is 0 Å². The highest BCUT2D eigenvalue weighted by Crippen LogP contribution is 2.35. The number of thioether (sulfide) groups is 1. The molecule has 76 valence electrons. The summed E-state index contributed by atoms with van der Waals surface area (Å²) in [7, 11) is 0. The standard InChI is InChI=1S/C10H11BrFNS/c11-7-5-9(12)10(13-6-7)14-8-3-1-2-4-8/h5-6,8H,1-4H2. The van der Waals surface area contributed by atoms with Crippen molar-refractivity contribution < 1.29 is 4.39 Å². The monoisotopic (exact) mass is 275 g/mol. The molecule has 1 aromatic rings. The number of rotatable bonds is 2. The lowest BCUT2D eigenvalue weighted by Crippen LogP contribution is -1.96. The first-order valence-electron chi connectivity index (χ1n) is 4.73. The van der Waals surface area contributed by atoms with E-state index in [0.717, 1.165) is 0 Å². The molecule has 14 heavy (non-hydrogen) atoms. The maximum atomic E-state index is 13.4. The zero-order valence-electron chi connectivity index (χ0n) is 7.67. The number of hydrogen-bond donors (Lipinski definition) is 0. The van der Waals surface area contributed by atoms with Crippen molar-refractivity contribution in [1.82, 2.24) is 4.98 Å². The lowest BCUT2D eigenvalue weighted by atomic mass is 10.4. The number of aromatic nitrogens is 1. The largest absolute Gasteiger partial charge is 0.246 e. The van der Waals surface area contributed by atoms with Crippen LogP contribution in [-0.4, -0.2) is 10.2 Å². The first-order chi connectivity index (χ1) is 6.75. The Morgan fingerprint density at radius 1 is 1.43 bits per heavy atom. The zero-order valence-corrected chi connectivity index (χ0v) is 10.1. The molecule has 1 aromatic heterocycles. The Labute approximate surface area is 95.6 Å². The lowest BCUT2D eigenvalue weighted by molar-refractivity contribution is 0.586. The maximum absolute atomic E-state index is 13.4. The first-order valence-corrected chi connectivity index (χ1v) is 6.40. The number of hydrogen-bond acceptors (Lipinski definition) is 2. The minimum Gasteiger partial charge on any atom is -0.246 e. The third-order valence-corrected chi connectivity index (χ3v) is 4.12. The van der Waals surface area contributed by atoms with E-state index < -0.39 is 0 Å². The molecule has 0 atom stereocenters. The van der Waals surface area contributed by atoms with Crippen LogP contribution in [0, 0.1) is 5.82 Å². The Morgan fingerprint density at radius 2 is 2.14 bits per heavy atom. The molecule has 0 spiro atoms. The van der Waals surface area contributed by atoms with E-state index in [1.54, 1.807) is 18.0 Å². The minimum atomic E-state index is -0.212. The van der Waals surface area contributed by atoms with Crippen molar-refractivity contribution in [1.29, 1.82) is 0 Å². The average Bonchev–Trinajstić information content (AvgIpc) is 2.62. The Balaban J connectivity index is 2.08. The van der Waals surface area contributed by atoms with E-state index in [-0.39, 0.29) is 5.82 Å². The van der Waals surface area contributed by atoms with Crippen LogP contribution in [-0.2, 0) is 0 Å². The van der Waals surface area contributed by atoms with Crippen molar-refractivity contribution >= 4 is 27.7 Å². The van der Waals surface area contributed by atoms with E-state index in [0.29, 0.717) is 14.7 Å². The molecule has 0 amide bonds. The highest BCUT2D eigenvalue weighted by molar-refractivity contribution is 9.10. The van der Waals surface area contributed by atoms with Crippen molar-refractivity contribution in [2.45, 2.75) is 36.0 Å². The van der Waals surface area contributed by atoms with Crippen LogP contribution in [0.25, 0.3) is 0 Å². The highest BCUT2D eigenvalue weighted by atomic mass is 79.9. The molecule has 0 N–H and O–H groups in total. The van der Waals surface area contributed by atoms with Gasteiger partial charge in [-0.3, -0.25) is 0 Å². The average molecular weight is 276 g/mol. The number of nitrogens with zero attached hydrogens (tertiary/aromatic N) is 1. The van der Waals surface area contributed by atoms with Gasteiger partial charge in [0.1, 0.15) is 5.03 Å². The van der Waals surface area contributed by atoms with Gasteiger partial charge in [0.2, 0.25) is 0 Å². The second-order valence-corrected chi connectivity index (χ2v) is 5.67. The first kappa shape index (κ1) is 10.4. The maximum Gasteiger partial charge on any atom is 0.156 e. The Morgan fingerprint density at radius 3 is 2.79 bits per heavy atom. The molecule has 4 heteroatoms. The summed E-state index contributed by atoms with van der Waals surface area (Å²) in [6.45, 7) is 0. The van der Waals surface area contributed by atoms with Crippen molar-refractivity contribution in [2.75, 3.05) is 0 Å². The van der Waals surface area contributed by atoms with Gasteiger partial charge in [0.15, 0.2) is 5.82 Å². The Bertz CT molecular complexity index is 326. The second kappa shape index (κ2) is 4.62. The zero-order chi connectivity index (χ0) is 9.97. The van der Waals surface area contributed by atoms with Crippen LogP contribution < -0.4 is 0 Å². The molecule has 1 fully saturated rings. The minimum absolute atomic E-state index is 0.212. The van der Waals surface area contributed by atoms with Crippen LogP contribution in [0.2, 0.25) is 0 Å². The molecule has 1 heterocycles. The van der Waals surface area contributed by atoms with Gasteiger partial charge in [-0.05, 0) is 34.8 Å². The van der Waals surface area contributed by atoms with E-state index in [4.69, 9.17) is 0 Å². The molecule has 0 saturated heterocycles. The summed E-state index contributed by atoms with van der Waals surface area (Å²) in [5.74, 6) is -0.212. The molecule has 0 bridgehead atoms. The van der Waals surface area contributed by atoms with Gasteiger partial charge in [-0.1, -0.05) is 12.8 Å². The fourth-order valence-electron chi connectivity index (χ4n) is 1.65. The van der Waals surface area contributed by atoms with E-state index >= 15 is 0 Å². The molecule has 1 nitrogen and oxygen atoms in total. The molecule has 0 unspecified atom stereocenters. The molecule has 1 aliphatic rings. The normalized spacial score (nSPS) is 17.6. The van der Waals surface area contributed by atoms with Crippen molar-refractivity contribution in [3.63, 3.8) is 0 Å².